The first-order chi connectivity index (χ1) is 14.3. The number of carboxylic acid groups (broad SMARTS) is 1. The van der Waals surface area contributed by atoms with Gasteiger partial charge < -0.3 is 9.84 Å². The number of rotatable bonds is 5. The third-order valence-corrected chi connectivity index (χ3v) is 8.68. The van der Waals surface area contributed by atoms with Gasteiger partial charge in [0.25, 0.3) is 0 Å². The zero-order chi connectivity index (χ0) is 21.2. The Kier molecular flexibility index (Phi) is 4.88. The van der Waals surface area contributed by atoms with Crippen molar-refractivity contribution in [1.82, 2.24) is 0 Å². The number of Topliss-reactive ketones (excluding diaryl/α,β-unsaturated/α-hetero) is 1. The highest BCUT2D eigenvalue weighted by atomic mass is 35.5. The van der Waals surface area contributed by atoms with Crippen molar-refractivity contribution in [1.29, 1.82) is 0 Å². The molecular weight excluding hydrogens is 407 g/mol. The van der Waals surface area contributed by atoms with E-state index in [0.29, 0.717) is 42.0 Å². The van der Waals surface area contributed by atoms with E-state index in [1.807, 2.05) is 0 Å². The molecule has 4 bridgehead atoms. The number of aliphatic carboxylic acids is 1. The quantitative estimate of drug-likeness (QED) is 0.609. The Hall–Kier alpha value is -1.62. The highest BCUT2D eigenvalue weighted by Gasteiger charge is 2.54. The highest BCUT2D eigenvalue weighted by Crippen LogP contribution is 2.63. The van der Waals surface area contributed by atoms with Gasteiger partial charge in [-0.2, -0.15) is 0 Å². The number of halogens is 2. The summed E-state index contributed by atoms with van der Waals surface area (Å²) < 4.78 is 21.2. The molecule has 6 heteroatoms. The van der Waals surface area contributed by atoms with Crippen LogP contribution < -0.4 is 4.74 Å². The third kappa shape index (κ3) is 2.99. The average molecular weight is 435 g/mol. The van der Waals surface area contributed by atoms with Crippen LogP contribution in [0.1, 0.15) is 73.7 Å². The van der Waals surface area contributed by atoms with E-state index < -0.39 is 29.4 Å². The predicted molar refractivity (Wildman–Crippen MR) is 111 cm³/mol. The van der Waals surface area contributed by atoms with Crippen LogP contribution in [-0.2, 0) is 10.2 Å². The van der Waals surface area contributed by atoms with Gasteiger partial charge >= 0.3 is 5.97 Å². The van der Waals surface area contributed by atoms with Crippen LogP contribution in [0.15, 0.2) is 6.07 Å². The summed E-state index contributed by atoms with van der Waals surface area (Å²) in [6, 6.07) is 1.45. The Morgan fingerprint density at radius 3 is 2.20 bits per heavy atom. The van der Waals surface area contributed by atoms with E-state index in [4.69, 9.17) is 16.3 Å². The Labute approximate surface area is 181 Å². The molecule has 5 saturated carbocycles. The van der Waals surface area contributed by atoms with E-state index >= 15 is 4.39 Å². The molecule has 5 aliphatic rings. The van der Waals surface area contributed by atoms with Gasteiger partial charge in [-0.3, -0.25) is 9.59 Å². The van der Waals surface area contributed by atoms with Crippen LogP contribution >= 0.6 is 11.6 Å². The second kappa shape index (κ2) is 7.22. The summed E-state index contributed by atoms with van der Waals surface area (Å²) >= 11 is 6.76. The number of carboxylic acids is 1. The molecule has 1 aromatic carbocycles. The summed E-state index contributed by atoms with van der Waals surface area (Å²) in [4.78, 5) is 24.7. The number of hydrogen-bond donors (Lipinski definition) is 1. The molecule has 2 atom stereocenters. The number of benzene rings is 1. The SMILES string of the molecule is COc1c(F)c(C(=O)C2CCCC2C(=O)O)cc(Cl)c1C12CC3CC(CC(C3)C1)C2. The summed E-state index contributed by atoms with van der Waals surface area (Å²) in [6.45, 7) is 0. The van der Waals surface area contributed by atoms with Crippen LogP contribution in [0.5, 0.6) is 5.75 Å². The minimum absolute atomic E-state index is 0.0951. The molecule has 0 saturated heterocycles. The van der Waals surface area contributed by atoms with Crippen molar-refractivity contribution < 1.29 is 23.8 Å². The van der Waals surface area contributed by atoms with Crippen molar-refractivity contribution >= 4 is 23.4 Å². The second-order valence-electron chi connectivity index (χ2n) is 10.2. The van der Waals surface area contributed by atoms with Crippen LogP contribution in [0.25, 0.3) is 0 Å². The van der Waals surface area contributed by atoms with Crippen LogP contribution in [0.3, 0.4) is 0 Å². The fourth-order valence-corrected chi connectivity index (χ4v) is 8.05. The van der Waals surface area contributed by atoms with Crippen molar-refractivity contribution in [2.75, 3.05) is 7.11 Å². The van der Waals surface area contributed by atoms with Crippen LogP contribution in [-0.4, -0.2) is 24.0 Å². The smallest absolute Gasteiger partial charge is 0.307 e. The fourth-order valence-electron chi connectivity index (χ4n) is 7.65. The Morgan fingerprint density at radius 1 is 1.10 bits per heavy atom. The molecule has 0 aliphatic heterocycles. The van der Waals surface area contributed by atoms with Gasteiger partial charge in [0.1, 0.15) is 0 Å². The predicted octanol–water partition coefficient (Wildman–Crippen LogP) is 5.64. The minimum Gasteiger partial charge on any atom is -0.493 e. The Balaban J connectivity index is 1.57. The molecule has 0 spiro atoms. The van der Waals surface area contributed by atoms with Gasteiger partial charge in [-0.15, -0.1) is 0 Å². The van der Waals surface area contributed by atoms with Gasteiger partial charge in [-0.1, -0.05) is 18.0 Å². The van der Waals surface area contributed by atoms with Gasteiger partial charge in [0, 0.05) is 21.9 Å². The van der Waals surface area contributed by atoms with Gasteiger partial charge in [0.15, 0.2) is 17.3 Å². The van der Waals surface area contributed by atoms with Crippen molar-refractivity contribution in [2.45, 2.75) is 63.2 Å². The molecule has 0 heterocycles. The molecular formula is C24H28ClFO4. The summed E-state index contributed by atoms with van der Waals surface area (Å²) in [5.41, 5.74) is 0.445. The lowest BCUT2D eigenvalue weighted by molar-refractivity contribution is -0.142. The molecule has 5 fully saturated rings. The number of ketones is 1. The van der Waals surface area contributed by atoms with Crippen molar-refractivity contribution in [3.8, 4) is 5.75 Å². The monoisotopic (exact) mass is 434 g/mol. The Morgan fingerprint density at radius 2 is 1.67 bits per heavy atom. The standard InChI is InChI=1S/C24H28ClFO4/c1-30-22-19(24-9-12-5-13(10-24)7-14(6-12)11-24)18(25)8-17(20(22)26)21(27)15-3-2-4-16(15)23(28)29/h8,12-16H,2-7,9-11H2,1H3,(H,28,29). The van der Waals surface area contributed by atoms with Gasteiger partial charge in [-0.05, 0) is 75.2 Å². The van der Waals surface area contributed by atoms with Crippen LogP contribution in [0.4, 0.5) is 4.39 Å². The highest BCUT2D eigenvalue weighted by molar-refractivity contribution is 6.32. The summed E-state index contributed by atoms with van der Waals surface area (Å²) in [6.07, 6.45) is 8.37. The molecule has 0 aromatic heterocycles. The van der Waals surface area contributed by atoms with E-state index in [9.17, 15) is 14.7 Å². The number of carbonyl (C=O) groups excluding carboxylic acids is 1. The van der Waals surface area contributed by atoms with Crippen molar-refractivity contribution in [3.63, 3.8) is 0 Å². The van der Waals surface area contributed by atoms with E-state index in [-0.39, 0.29) is 16.7 Å². The molecule has 5 aliphatic carbocycles. The lowest BCUT2D eigenvalue weighted by atomic mass is 9.48. The zero-order valence-corrected chi connectivity index (χ0v) is 18.0. The maximum absolute atomic E-state index is 15.7. The van der Waals surface area contributed by atoms with E-state index in [1.54, 1.807) is 0 Å². The first-order valence-electron chi connectivity index (χ1n) is 11.2. The normalized spacial score (nSPS) is 36.8. The Bertz CT molecular complexity index is 876. The van der Waals surface area contributed by atoms with Crippen molar-refractivity contribution in [2.24, 2.45) is 29.6 Å². The average Bonchev–Trinajstić information content (AvgIpc) is 3.17. The minimum atomic E-state index is -0.991. The van der Waals surface area contributed by atoms with E-state index in [2.05, 4.69) is 0 Å². The number of hydrogen-bond acceptors (Lipinski definition) is 3. The molecule has 162 valence electrons. The second-order valence-corrected chi connectivity index (χ2v) is 10.6. The molecule has 1 N–H and O–H groups in total. The lowest BCUT2D eigenvalue weighted by Crippen LogP contribution is -2.49. The lowest BCUT2D eigenvalue weighted by Gasteiger charge is -2.57. The molecule has 4 nitrogen and oxygen atoms in total. The number of ether oxygens (including phenoxy) is 1. The van der Waals surface area contributed by atoms with E-state index in [1.165, 1.54) is 32.4 Å². The molecule has 2 unspecified atom stereocenters. The summed E-state index contributed by atoms with van der Waals surface area (Å²) in [5, 5.41) is 9.84. The van der Waals surface area contributed by atoms with Crippen LogP contribution in [0, 0.1) is 35.4 Å². The molecule has 0 radical (unpaired) electrons. The largest absolute Gasteiger partial charge is 0.493 e. The molecule has 6 rings (SSSR count). The summed E-state index contributed by atoms with van der Waals surface area (Å²) in [5.74, 6) is -1.51. The third-order valence-electron chi connectivity index (χ3n) is 8.38. The van der Waals surface area contributed by atoms with Gasteiger partial charge in [-0.25, -0.2) is 4.39 Å². The number of methoxy groups -OCH3 is 1. The van der Waals surface area contributed by atoms with Crippen molar-refractivity contribution in [3.05, 3.63) is 28.0 Å². The van der Waals surface area contributed by atoms with Crippen LogP contribution in [0.2, 0.25) is 5.02 Å². The summed E-state index contributed by atoms with van der Waals surface area (Å²) in [7, 11) is 1.43. The van der Waals surface area contributed by atoms with Gasteiger partial charge in [0.05, 0.1) is 18.6 Å². The number of carbonyl (C=O) groups is 2. The van der Waals surface area contributed by atoms with E-state index in [0.717, 1.165) is 24.8 Å². The first-order valence-corrected chi connectivity index (χ1v) is 11.5. The molecule has 1 aromatic rings. The molecule has 0 amide bonds. The maximum atomic E-state index is 15.7. The molecule has 30 heavy (non-hydrogen) atoms. The first kappa shape index (κ1) is 20.3. The fraction of sp³-hybridized carbons (Fsp3) is 0.667. The zero-order valence-electron chi connectivity index (χ0n) is 17.3. The topological polar surface area (TPSA) is 63.6 Å². The van der Waals surface area contributed by atoms with Gasteiger partial charge in [0.2, 0.25) is 0 Å². The maximum Gasteiger partial charge on any atom is 0.307 e.